The van der Waals surface area contributed by atoms with E-state index in [1.54, 1.807) is 12.1 Å². The first-order chi connectivity index (χ1) is 9.58. The van der Waals surface area contributed by atoms with Gasteiger partial charge in [-0.15, -0.1) is 0 Å². The molecular weight excluding hydrogens is 285 g/mol. The molecule has 2 rings (SSSR count). The number of rotatable bonds is 5. The maximum atomic E-state index is 12.9. The number of aliphatic hydroxyl groups excluding tert-OH is 1. The van der Waals surface area contributed by atoms with Gasteiger partial charge in [0.2, 0.25) is 0 Å². The van der Waals surface area contributed by atoms with Crippen LogP contribution in [-0.2, 0) is 0 Å². The highest BCUT2D eigenvalue weighted by molar-refractivity contribution is 6.33. The average molecular weight is 298 g/mol. The van der Waals surface area contributed by atoms with E-state index in [4.69, 9.17) is 16.0 Å². The summed E-state index contributed by atoms with van der Waals surface area (Å²) in [5, 5.41) is 12.4. The molecule has 0 fully saturated rings. The highest BCUT2D eigenvalue weighted by atomic mass is 35.5. The third-order valence-corrected chi connectivity index (χ3v) is 3.06. The Morgan fingerprint density at radius 3 is 2.90 bits per heavy atom. The van der Waals surface area contributed by atoms with Crippen molar-refractivity contribution in [1.29, 1.82) is 0 Å². The Bertz CT molecular complexity index is 586. The molecule has 1 unspecified atom stereocenters. The zero-order valence-electron chi connectivity index (χ0n) is 10.5. The fourth-order valence-electron chi connectivity index (χ4n) is 1.71. The van der Waals surface area contributed by atoms with E-state index in [0.717, 1.165) is 6.07 Å². The number of aliphatic hydroxyl groups is 1. The molecule has 1 atom stereocenters. The van der Waals surface area contributed by atoms with E-state index in [1.165, 1.54) is 18.4 Å². The van der Waals surface area contributed by atoms with Gasteiger partial charge in [0, 0.05) is 6.54 Å². The molecule has 1 aromatic carbocycles. The third-order valence-electron chi connectivity index (χ3n) is 2.75. The fourth-order valence-corrected chi connectivity index (χ4v) is 1.97. The first kappa shape index (κ1) is 14.6. The van der Waals surface area contributed by atoms with Gasteiger partial charge >= 0.3 is 0 Å². The lowest BCUT2D eigenvalue weighted by molar-refractivity contribution is 0.0936. The van der Waals surface area contributed by atoms with Gasteiger partial charge in [-0.1, -0.05) is 11.6 Å². The fraction of sp³-hybridized carbons (Fsp3) is 0.214. The topological polar surface area (TPSA) is 62.5 Å². The van der Waals surface area contributed by atoms with E-state index in [-0.39, 0.29) is 17.1 Å². The molecule has 0 aliphatic carbocycles. The van der Waals surface area contributed by atoms with Gasteiger partial charge in [0.15, 0.2) is 0 Å². The van der Waals surface area contributed by atoms with Gasteiger partial charge in [0.25, 0.3) is 5.91 Å². The van der Waals surface area contributed by atoms with E-state index in [2.05, 4.69) is 5.32 Å². The molecule has 0 spiro atoms. The van der Waals surface area contributed by atoms with E-state index >= 15 is 0 Å². The van der Waals surface area contributed by atoms with Gasteiger partial charge in [-0.25, -0.2) is 4.39 Å². The summed E-state index contributed by atoms with van der Waals surface area (Å²) in [6, 6.07) is 6.89. The van der Waals surface area contributed by atoms with Gasteiger partial charge in [-0.2, -0.15) is 0 Å². The zero-order chi connectivity index (χ0) is 14.5. The van der Waals surface area contributed by atoms with E-state index < -0.39 is 17.8 Å². The predicted molar refractivity (Wildman–Crippen MR) is 72.0 cm³/mol. The predicted octanol–water partition coefficient (Wildman–Crippen LogP) is 2.93. The number of benzene rings is 1. The van der Waals surface area contributed by atoms with Crippen LogP contribution in [0, 0.1) is 5.82 Å². The SMILES string of the molecule is O=C(NCCC(O)c1ccco1)c1ccc(F)cc1Cl. The number of hydrogen-bond donors (Lipinski definition) is 2. The van der Waals surface area contributed by atoms with Crippen molar-refractivity contribution in [3.63, 3.8) is 0 Å². The summed E-state index contributed by atoms with van der Waals surface area (Å²) in [5.41, 5.74) is 0.195. The number of amides is 1. The minimum atomic E-state index is -0.783. The van der Waals surface area contributed by atoms with Crippen molar-refractivity contribution in [2.24, 2.45) is 0 Å². The number of carbonyl (C=O) groups is 1. The van der Waals surface area contributed by atoms with Crippen LogP contribution < -0.4 is 5.32 Å². The lowest BCUT2D eigenvalue weighted by atomic mass is 10.2. The Kier molecular flexibility index (Phi) is 4.76. The van der Waals surface area contributed by atoms with E-state index in [1.807, 2.05) is 0 Å². The maximum Gasteiger partial charge on any atom is 0.252 e. The van der Waals surface area contributed by atoms with Crippen LogP contribution in [0.3, 0.4) is 0 Å². The van der Waals surface area contributed by atoms with Gasteiger partial charge in [-0.05, 0) is 36.8 Å². The number of halogens is 2. The summed E-state index contributed by atoms with van der Waals surface area (Å²) in [5.74, 6) is -0.472. The van der Waals surface area contributed by atoms with Crippen molar-refractivity contribution in [2.45, 2.75) is 12.5 Å². The van der Waals surface area contributed by atoms with Crippen LogP contribution in [0.5, 0.6) is 0 Å². The van der Waals surface area contributed by atoms with E-state index in [9.17, 15) is 14.3 Å². The lowest BCUT2D eigenvalue weighted by Crippen LogP contribution is -2.25. The van der Waals surface area contributed by atoms with Crippen molar-refractivity contribution >= 4 is 17.5 Å². The third kappa shape index (κ3) is 3.59. The first-order valence-electron chi connectivity index (χ1n) is 6.02. The molecule has 0 saturated heterocycles. The number of carbonyl (C=O) groups excluding carboxylic acids is 1. The number of hydrogen-bond acceptors (Lipinski definition) is 3. The summed E-state index contributed by atoms with van der Waals surface area (Å²) in [6.45, 7) is 0.244. The minimum absolute atomic E-state index is 0.0501. The molecule has 1 heterocycles. The Balaban J connectivity index is 1.86. The second-order valence-corrected chi connectivity index (χ2v) is 4.61. The minimum Gasteiger partial charge on any atom is -0.467 e. The maximum absolute atomic E-state index is 12.9. The van der Waals surface area contributed by atoms with Crippen LogP contribution in [0.4, 0.5) is 4.39 Å². The zero-order valence-corrected chi connectivity index (χ0v) is 11.2. The molecule has 106 valence electrons. The molecule has 2 N–H and O–H groups in total. The summed E-state index contributed by atoms with van der Waals surface area (Å²) < 4.78 is 17.9. The van der Waals surface area contributed by atoms with E-state index in [0.29, 0.717) is 12.2 Å². The van der Waals surface area contributed by atoms with Crippen molar-refractivity contribution in [2.75, 3.05) is 6.54 Å². The normalized spacial score (nSPS) is 12.2. The lowest BCUT2D eigenvalue weighted by Gasteiger charge is -2.09. The highest BCUT2D eigenvalue weighted by Gasteiger charge is 2.13. The average Bonchev–Trinajstić information content (AvgIpc) is 2.92. The molecule has 4 nitrogen and oxygen atoms in total. The molecule has 0 saturated carbocycles. The summed E-state index contributed by atoms with van der Waals surface area (Å²) in [6.07, 6.45) is 0.988. The molecule has 1 amide bonds. The van der Waals surface area contributed by atoms with Crippen LogP contribution in [0.25, 0.3) is 0 Å². The summed E-state index contributed by atoms with van der Waals surface area (Å²) in [7, 11) is 0. The standard InChI is InChI=1S/C14H13ClFNO3/c15-11-8-9(16)3-4-10(11)14(19)17-6-5-12(18)13-2-1-7-20-13/h1-4,7-8,12,18H,5-6H2,(H,17,19). The molecule has 0 bridgehead atoms. The summed E-state index contributed by atoms with van der Waals surface area (Å²) in [4.78, 5) is 11.8. The molecule has 20 heavy (non-hydrogen) atoms. The van der Waals surface area contributed by atoms with Crippen LogP contribution in [0.2, 0.25) is 5.02 Å². The molecule has 6 heteroatoms. The molecule has 2 aromatic rings. The second-order valence-electron chi connectivity index (χ2n) is 4.20. The van der Waals surface area contributed by atoms with Crippen molar-refractivity contribution in [3.8, 4) is 0 Å². The molecule has 1 aromatic heterocycles. The van der Waals surface area contributed by atoms with Crippen molar-refractivity contribution in [1.82, 2.24) is 5.32 Å². The molecule has 0 aliphatic heterocycles. The largest absolute Gasteiger partial charge is 0.467 e. The summed E-state index contributed by atoms with van der Waals surface area (Å²) >= 11 is 5.78. The van der Waals surface area contributed by atoms with Crippen molar-refractivity contribution < 1.29 is 18.7 Å². The number of nitrogens with one attached hydrogen (secondary N) is 1. The van der Waals surface area contributed by atoms with Gasteiger partial charge in [0.05, 0.1) is 16.8 Å². The molecular formula is C14H13ClFNO3. The highest BCUT2D eigenvalue weighted by Crippen LogP contribution is 2.18. The van der Waals surface area contributed by atoms with Gasteiger partial charge in [0.1, 0.15) is 17.7 Å². The van der Waals surface area contributed by atoms with Crippen LogP contribution in [0.1, 0.15) is 28.6 Å². The van der Waals surface area contributed by atoms with Crippen LogP contribution >= 0.6 is 11.6 Å². The molecule has 0 radical (unpaired) electrons. The smallest absolute Gasteiger partial charge is 0.252 e. The second kappa shape index (κ2) is 6.54. The Hall–Kier alpha value is -1.85. The van der Waals surface area contributed by atoms with Gasteiger partial charge in [-0.3, -0.25) is 4.79 Å². The quantitative estimate of drug-likeness (QED) is 0.892. The Morgan fingerprint density at radius 1 is 1.45 bits per heavy atom. The number of furan rings is 1. The molecule has 0 aliphatic rings. The van der Waals surface area contributed by atoms with Crippen molar-refractivity contribution in [3.05, 3.63) is 58.8 Å². The van der Waals surface area contributed by atoms with Crippen LogP contribution in [0.15, 0.2) is 41.0 Å². The Morgan fingerprint density at radius 2 is 2.25 bits per heavy atom. The Labute approximate surface area is 120 Å². The van der Waals surface area contributed by atoms with Crippen LogP contribution in [-0.4, -0.2) is 17.6 Å². The van der Waals surface area contributed by atoms with Gasteiger partial charge < -0.3 is 14.8 Å². The monoisotopic (exact) mass is 297 g/mol. The first-order valence-corrected chi connectivity index (χ1v) is 6.40.